The maximum atomic E-state index is 12.2. The highest BCUT2D eigenvalue weighted by Gasteiger charge is 2.17. The van der Waals surface area contributed by atoms with Gasteiger partial charge in [-0.2, -0.15) is 0 Å². The Morgan fingerprint density at radius 2 is 1.64 bits per heavy atom. The van der Waals surface area contributed by atoms with E-state index in [-0.39, 0.29) is 22.0 Å². The number of benzene rings is 2. The lowest BCUT2D eigenvalue weighted by Crippen LogP contribution is -2.26. The van der Waals surface area contributed by atoms with Gasteiger partial charge in [-0.05, 0) is 30.2 Å². The molecule has 9 nitrogen and oxygen atoms in total. The molecule has 25 heavy (non-hydrogen) atoms. The molecule has 0 aliphatic rings. The van der Waals surface area contributed by atoms with E-state index >= 15 is 0 Å². The third kappa shape index (κ3) is 5.06. The van der Waals surface area contributed by atoms with Crippen molar-refractivity contribution in [3.8, 4) is 0 Å². The molecule has 0 atom stereocenters. The molecular weight excluding hydrogens is 370 g/mol. The average molecular weight is 385 g/mol. The first kappa shape index (κ1) is 19.0. The minimum absolute atomic E-state index is 0.0339. The standard InChI is InChI=1S/C14H15N3O6S2/c15-24(20,21)13-6-4-11(5-7-13)8-9-16-25(22,23)14-3-1-2-12(10-14)17(18)19/h1-7,10,16H,8-9H2,(H2,15,20,21). The number of hydrogen-bond donors (Lipinski definition) is 2. The van der Waals surface area contributed by atoms with E-state index in [4.69, 9.17) is 5.14 Å². The van der Waals surface area contributed by atoms with Crippen molar-refractivity contribution in [2.75, 3.05) is 6.54 Å². The molecule has 134 valence electrons. The zero-order chi connectivity index (χ0) is 18.7. The third-order valence-corrected chi connectivity index (χ3v) is 5.68. The normalized spacial score (nSPS) is 12.0. The minimum Gasteiger partial charge on any atom is -0.258 e. The molecule has 0 heterocycles. The summed E-state index contributed by atoms with van der Waals surface area (Å²) in [5.41, 5.74) is 0.385. The van der Waals surface area contributed by atoms with Crippen LogP contribution in [0, 0.1) is 10.1 Å². The van der Waals surface area contributed by atoms with Crippen LogP contribution in [0.25, 0.3) is 0 Å². The number of primary sulfonamides is 1. The van der Waals surface area contributed by atoms with Crippen LogP contribution in [0.4, 0.5) is 5.69 Å². The molecule has 0 bridgehead atoms. The first-order chi connectivity index (χ1) is 11.6. The maximum absolute atomic E-state index is 12.2. The van der Waals surface area contributed by atoms with Crippen molar-refractivity contribution in [2.45, 2.75) is 16.2 Å². The van der Waals surface area contributed by atoms with Crippen molar-refractivity contribution in [1.82, 2.24) is 4.72 Å². The number of nitrogens with zero attached hydrogens (tertiary/aromatic N) is 1. The van der Waals surface area contributed by atoms with Gasteiger partial charge in [0.2, 0.25) is 20.0 Å². The lowest BCUT2D eigenvalue weighted by Gasteiger charge is -2.07. The van der Waals surface area contributed by atoms with Gasteiger partial charge in [0, 0.05) is 18.7 Å². The third-order valence-electron chi connectivity index (χ3n) is 3.30. The van der Waals surface area contributed by atoms with E-state index in [1.165, 1.54) is 42.5 Å². The molecule has 0 amide bonds. The van der Waals surface area contributed by atoms with Gasteiger partial charge in [-0.1, -0.05) is 18.2 Å². The number of rotatable bonds is 7. The van der Waals surface area contributed by atoms with Gasteiger partial charge in [0.15, 0.2) is 0 Å². The molecule has 0 aromatic heterocycles. The molecule has 0 fully saturated rings. The first-order valence-electron chi connectivity index (χ1n) is 6.95. The highest BCUT2D eigenvalue weighted by molar-refractivity contribution is 7.89. The van der Waals surface area contributed by atoms with Gasteiger partial charge in [-0.15, -0.1) is 0 Å². The number of hydrogen-bond acceptors (Lipinski definition) is 6. The molecule has 0 unspecified atom stereocenters. The molecule has 0 radical (unpaired) electrons. The van der Waals surface area contributed by atoms with Crippen LogP contribution in [-0.4, -0.2) is 28.3 Å². The zero-order valence-corrected chi connectivity index (χ0v) is 14.5. The van der Waals surface area contributed by atoms with Crippen molar-refractivity contribution in [3.05, 3.63) is 64.2 Å². The topological polar surface area (TPSA) is 149 Å². The Bertz CT molecular complexity index is 985. The maximum Gasteiger partial charge on any atom is 0.270 e. The quantitative estimate of drug-likeness (QED) is 0.531. The molecule has 2 aromatic carbocycles. The van der Waals surface area contributed by atoms with Crippen LogP contribution in [0.5, 0.6) is 0 Å². The molecule has 0 saturated heterocycles. The van der Waals surface area contributed by atoms with Crippen molar-refractivity contribution in [3.63, 3.8) is 0 Å². The van der Waals surface area contributed by atoms with Gasteiger partial charge in [-0.25, -0.2) is 26.7 Å². The second-order valence-electron chi connectivity index (χ2n) is 5.09. The number of non-ortho nitro benzene ring substituents is 1. The fourth-order valence-electron chi connectivity index (χ4n) is 2.02. The van der Waals surface area contributed by atoms with E-state index in [0.717, 1.165) is 6.07 Å². The van der Waals surface area contributed by atoms with E-state index in [1.54, 1.807) is 0 Å². The summed E-state index contributed by atoms with van der Waals surface area (Å²) in [5.74, 6) is 0. The van der Waals surface area contributed by atoms with Crippen molar-refractivity contribution >= 4 is 25.7 Å². The lowest BCUT2D eigenvalue weighted by molar-refractivity contribution is -0.385. The predicted molar refractivity (Wildman–Crippen MR) is 89.8 cm³/mol. The van der Waals surface area contributed by atoms with Crippen LogP contribution < -0.4 is 9.86 Å². The predicted octanol–water partition coefficient (Wildman–Crippen LogP) is 0.763. The number of nitro benzene ring substituents is 1. The van der Waals surface area contributed by atoms with Gasteiger partial charge in [-0.3, -0.25) is 10.1 Å². The molecule has 0 saturated carbocycles. The fourth-order valence-corrected chi connectivity index (χ4v) is 3.61. The average Bonchev–Trinajstić information content (AvgIpc) is 2.54. The molecule has 0 spiro atoms. The minimum atomic E-state index is -3.89. The van der Waals surface area contributed by atoms with Crippen LogP contribution in [0.3, 0.4) is 0 Å². The van der Waals surface area contributed by atoms with Crippen LogP contribution in [-0.2, 0) is 26.5 Å². The fraction of sp³-hybridized carbons (Fsp3) is 0.143. The Balaban J connectivity index is 2.03. The summed E-state index contributed by atoms with van der Waals surface area (Å²) < 4.78 is 49.0. The van der Waals surface area contributed by atoms with E-state index in [0.29, 0.717) is 12.0 Å². The molecule has 3 N–H and O–H groups in total. The van der Waals surface area contributed by atoms with Crippen LogP contribution in [0.15, 0.2) is 58.3 Å². The molecule has 0 aliphatic heterocycles. The Hall–Kier alpha value is -2.34. The van der Waals surface area contributed by atoms with Crippen molar-refractivity contribution in [1.29, 1.82) is 0 Å². The van der Waals surface area contributed by atoms with E-state index in [1.807, 2.05) is 0 Å². The molecule has 2 aromatic rings. The van der Waals surface area contributed by atoms with Gasteiger partial charge in [0.1, 0.15) is 0 Å². The molecule has 2 rings (SSSR count). The van der Waals surface area contributed by atoms with Crippen LogP contribution in [0.2, 0.25) is 0 Å². The van der Waals surface area contributed by atoms with Gasteiger partial charge >= 0.3 is 0 Å². The summed E-state index contributed by atoms with van der Waals surface area (Å²) in [6, 6.07) is 10.5. The Morgan fingerprint density at radius 3 is 2.20 bits per heavy atom. The highest BCUT2D eigenvalue weighted by atomic mass is 32.2. The largest absolute Gasteiger partial charge is 0.270 e. The highest BCUT2D eigenvalue weighted by Crippen LogP contribution is 2.17. The van der Waals surface area contributed by atoms with E-state index < -0.39 is 25.0 Å². The smallest absolute Gasteiger partial charge is 0.258 e. The molecule has 11 heteroatoms. The Morgan fingerprint density at radius 1 is 1.00 bits per heavy atom. The van der Waals surface area contributed by atoms with E-state index in [2.05, 4.69) is 4.72 Å². The van der Waals surface area contributed by atoms with Crippen LogP contribution >= 0.6 is 0 Å². The molecular formula is C14H15N3O6S2. The first-order valence-corrected chi connectivity index (χ1v) is 9.98. The second-order valence-corrected chi connectivity index (χ2v) is 8.42. The van der Waals surface area contributed by atoms with Gasteiger partial charge in [0.25, 0.3) is 5.69 Å². The second kappa shape index (κ2) is 7.27. The van der Waals surface area contributed by atoms with Gasteiger partial charge in [0.05, 0.1) is 14.7 Å². The summed E-state index contributed by atoms with van der Waals surface area (Å²) in [5, 5.41) is 15.7. The number of sulfonamides is 2. The number of nitrogens with two attached hydrogens (primary N) is 1. The van der Waals surface area contributed by atoms with Gasteiger partial charge < -0.3 is 0 Å². The molecule has 0 aliphatic carbocycles. The summed E-state index contributed by atoms with van der Waals surface area (Å²) in [6.07, 6.45) is 0.305. The Labute approximate surface area is 144 Å². The summed E-state index contributed by atoms with van der Waals surface area (Å²) in [4.78, 5) is 9.80. The summed E-state index contributed by atoms with van der Waals surface area (Å²) in [7, 11) is -7.67. The zero-order valence-electron chi connectivity index (χ0n) is 12.8. The SMILES string of the molecule is NS(=O)(=O)c1ccc(CCNS(=O)(=O)c2cccc([N+](=O)[O-])c2)cc1. The van der Waals surface area contributed by atoms with Crippen molar-refractivity contribution in [2.24, 2.45) is 5.14 Å². The number of nitro groups is 1. The summed E-state index contributed by atoms with van der Waals surface area (Å²) in [6.45, 7) is 0.0414. The van der Waals surface area contributed by atoms with Crippen LogP contribution in [0.1, 0.15) is 5.56 Å². The van der Waals surface area contributed by atoms with E-state index in [9.17, 15) is 26.9 Å². The Kier molecular flexibility index (Phi) is 5.52. The summed E-state index contributed by atoms with van der Waals surface area (Å²) >= 11 is 0. The lowest BCUT2D eigenvalue weighted by atomic mass is 10.2. The monoisotopic (exact) mass is 385 g/mol. The number of nitrogens with one attached hydrogen (secondary N) is 1. The van der Waals surface area contributed by atoms with Crippen molar-refractivity contribution < 1.29 is 21.8 Å².